The smallest absolute Gasteiger partial charge is 0.341 e. The molecule has 7 nitrogen and oxygen atoms in total. The molecule has 1 rings (SSSR count). The molecular formula is C12H16N4O3. The van der Waals surface area contributed by atoms with Crippen LogP contribution in [0.15, 0.2) is 30.3 Å². The van der Waals surface area contributed by atoms with Crippen molar-refractivity contribution in [1.29, 1.82) is 0 Å². The van der Waals surface area contributed by atoms with Crippen LogP contribution in [-0.4, -0.2) is 36.4 Å². The Labute approximate surface area is 110 Å². The van der Waals surface area contributed by atoms with E-state index in [4.69, 9.17) is 5.73 Å². The third-order valence-corrected chi connectivity index (χ3v) is 2.33. The van der Waals surface area contributed by atoms with Crippen LogP contribution in [0.4, 0.5) is 15.3 Å². The lowest BCUT2D eigenvalue weighted by Gasteiger charge is -2.32. The maximum atomic E-state index is 12.0. The van der Waals surface area contributed by atoms with Crippen LogP contribution in [0.1, 0.15) is 6.92 Å². The molecule has 0 bridgehead atoms. The molecule has 1 aromatic rings. The first-order valence-electron chi connectivity index (χ1n) is 5.75. The van der Waals surface area contributed by atoms with E-state index in [0.717, 1.165) is 10.0 Å². The molecule has 0 heterocycles. The van der Waals surface area contributed by atoms with Crippen molar-refractivity contribution in [3.8, 4) is 0 Å². The monoisotopic (exact) mass is 264 g/mol. The van der Waals surface area contributed by atoms with Crippen LogP contribution in [0.3, 0.4) is 0 Å². The van der Waals surface area contributed by atoms with Gasteiger partial charge in [0.15, 0.2) is 0 Å². The number of hydrogen-bond donors (Lipinski definition) is 2. The third-order valence-electron chi connectivity index (χ3n) is 2.33. The van der Waals surface area contributed by atoms with Crippen molar-refractivity contribution < 1.29 is 14.4 Å². The van der Waals surface area contributed by atoms with Gasteiger partial charge >= 0.3 is 12.1 Å². The molecule has 0 atom stereocenters. The van der Waals surface area contributed by atoms with Gasteiger partial charge in [0.05, 0.1) is 12.2 Å². The van der Waals surface area contributed by atoms with Crippen LogP contribution in [0, 0.1) is 0 Å². The first kappa shape index (κ1) is 14.5. The van der Waals surface area contributed by atoms with Gasteiger partial charge in [-0.15, -0.1) is 0 Å². The van der Waals surface area contributed by atoms with E-state index in [2.05, 4.69) is 5.32 Å². The Hall–Kier alpha value is -2.57. The first-order valence-corrected chi connectivity index (χ1v) is 5.75. The minimum absolute atomic E-state index is 0.140. The average Bonchev–Trinajstić information content (AvgIpc) is 2.42. The van der Waals surface area contributed by atoms with Gasteiger partial charge in [-0.2, -0.15) is 5.01 Å². The SMILES string of the molecule is CCN(C(N)=O)N(C(=O)NCC=O)c1ccccc1. The zero-order valence-corrected chi connectivity index (χ0v) is 10.6. The number of hydrogen-bond acceptors (Lipinski definition) is 3. The second-order valence-corrected chi connectivity index (χ2v) is 3.55. The van der Waals surface area contributed by atoms with Gasteiger partial charge in [-0.25, -0.2) is 14.6 Å². The molecule has 0 unspecified atom stereocenters. The van der Waals surface area contributed by atoms with Gasteiger partial charge in [-0.1, -0.05) is 18.2 Å². The molecule has 0 radical (unpaired) electrons. The fourth-order valence-electron chi connectivity index (χ4n) is 1.54. The summed E-state index contributed by atoms with van der Waals surface area (Å²) in [6.45, 7) is 1.77. The van der Waals surface area contributed by atoms with E-state index in [1.54, 1.807) is 37.3 Å². The summed E-state index contributed by atoms with van der Waals surface area (Å²) in [7, 11) is 0. The number of amides is 4. The van der Waals surface area contributed by atoms with E-state index in [-0.39, 0.29) is 13.1 Å². The molecule has 1 aromatic carbocycles. The number of urea groups is 2. The molecule has 102 valence electrons. The second-order valence-electron chi connectivity index (χ2n) is 3.55. The van der Waals surface area contributed by atoms with Crippen molar-refractivity contribution in [2.75, 3.05) is 18.1 Å². The Morgan fingerprint density at radius 2 is 1.95 bits per heavy atom. The van der Waals surface area contributed by atoms with Crippen molar-refractivity contribution >= 4 is 24.0 Å². The quantitative estimate of drug-likeness (QED) is 0.619. The molecule has 0 fully saturated rings. The van der Waals surface area contributed by atoms with E-state index in [0.29, 0.717) is 12.0 Å². The highest BCUT2D eigenvalue weighted by Gasteiger charge is 2.24. The molecule has 0 aliphatic carbocycles. The summed E-state index contributed by atoms with van der Waals surface area (Å²) in [4.78, 5) is 33.7. The highest BCUT2D eigenvalue weighted by molar-refractivity contribution is 5.95. The Morgan fingerprint density at radius 3 is 2.42 bits per heavy atom. The number of hydrazine groups is 1. The van der Waals surface area contributed by atoms with Crippen molar-refractivity contribution in [3.63, 3.8) is 0 Å². The van der Waals surface area contributed by atoms with Gasteiger partial charge in [0.1, 0.15) is 6.29 Å². The summed E-state index contributed by atoms with van der Waals surface area (Å²) in [5, 5.41) is 4.55. The number of para-hydroxylation sites is 1. The number of nitrogens with two attached hydrogens (primary N) is 1. The summed E-state index contributed by atoms with van der Waals surface area (Å²) in [6.07, 6.45) is 0.557. The average molecular weight is 264 g/mol. The number of rotatable bonds is 4. The lowest BCUT2D eigenvalue weighted by atomic mass is 10.3. The van der Waals surface area contributed by atoms with E-state index in [1.165, 1.54) is 0 Å². The largest absolute Gasteiger partial charge is 0.350 e. The molecule has 0 aliphatic rings. The van der Waals surface area contributed by atoms with Gasteiger partial charge in [-0.3, -0.25) is 0 Å². The molecule has 7 heteroatoms. The molecule has 0 saturated heterocycles. The minimum Gasteiger partial charge on any atom is -0.350 e. The van der Waals surface area contributed by atoms with E-state index < -0.39 is 12.1 Å². The summed E-state index contributed by atoms with van der Waals surface area (Å²) in [5.41, 5.74) is 5.73. The topological polar surface area (TPSA) is 95.7 Å². The van der Waals surface area contributed by atoms with Gasteiger partial charge in [0, 0.05) is 6.54 Å². The number of aldehydes is 1. The number of carbonyl (C=O) groups excluding carboxylic acids is 3. The number of nitrogens with zero attached hydrogens (tertiary/aromatic N) is 2. The molecule has 0 aliphatic heterocycles. The summed E-state index contributed by atoms with van der Waals surface area (Å²) >= 11 is 0. The van der Waals surface area contributed by atoms with Gasteiger partial charge in [0.2, 0.25) is 0 Å². The first-order chi connectivity index (χ1) is 9.11. The minimum atomic E-state index is -0.757. The Morgan fingerprint density at radius 1 is 1.32 bits per heavy atom. The number of nitrogens with one attached hydrogen (secondary N) is 1. The van der Waals surface area contributed by atoms with Gasteiger partial charge < -0.3 is 15.8 Å². The predicted molar refractivity (Wildman–Crippen MR) is 70.3 cm³/mol. The number of carbonyl (C=O) groups is 3. The molecule has 3 N–H and O–H groups in total. The van der Waals surface area contributed by atoms with Crippen molar-refractivity contribution in [2.45, 2.75) is 6.92 Å². The fourth-order valence-corrected chi connectivity index (χ4v) is 1.54. The zero-order chi connectivity index (χ0) is 14.3. The van der Waals surface area contributed by atoms with Crippen LogP contribution in [0.2, 0.25) is 0 Å². The van der Waals surface area contributed by atoms with Gasteiger partial charge in [0.25, 0.3) is 0 Å². The Kier molecular flexibility index (Phi) is 5.34. The standard InChI is InChI=1S/C12H16N4O3/c1-2-15(11(13)18)16(12(19)14-8-9-17)10-6-4-3-5-7-10/h3-7,9H,2,8H2,1H3,(H2,13,18)(H,14,19). The van der Waals surface area contributed by atoms with Crippen LogP contribution in [0.25, 0.3) is 0 Å². The van der Waals surface area contributed by atoms with Crippen LogP contribution < -0.4 is 16.1 Å². The number of anilines is 1. The van der Waals surface area contributed by atoms with Crippen LogP contribution >= 0.6 is 0 Å². The zero-order valence-electron chi connectivity index (χ0n) is 10.6. The van der Waals surface area contributed by atoms with Gasteiger partial charge in [-0.05, 0) is 19.1 Å². The summed E-state index contributed by atoms with van der Waals surface area (Å²) in [5.74, 6) is 0. The lowest BCUT2D eigenvalue weighted by molar-refractivity contribution is -0.107. The Bertz CT molecular complexity index is 450. The Balaban J connectivity index is 3.06. The molecule has 19 heavy (non-hydrogen) atoms. The van der Waals surface area contributed by atoms with Crippen molar-refractivity contribution in [1.82, 2.24) is 10.3 Å². The van der Waals surface area contributed by atoms with Crippen LogP contribution in [-0.2, 0) is 4.79 Å². The molecule has 0 aromatic heterocycles. The fraction of sp³-hybridized carbons (Fsp3) is 0.250. The summed E-state index contributed by atoms with van der Waals surface area (Å²) in [6, 6.07) is 7.20. The number of benzene rings is 1. The van der Waals surface area contributed by atoms with Crippen molar-refractivity contribution in [3.05, 3.63) is 30.3 Å². The third kappa shape index (κ3) is 3.70. The van der Waals surface area contributed by atoms with E-state index in [9.17, 15) is 14.4 Å². The molecule has 0 saturated carbocycles. The predicted octanol–water partition coefficient (Wildman–Crippen LogP) is 0.717. The molecule has 4 amide bonds. The molecule has 0 spiro atoms. The highest BCUT2D eigenvalue weighted by atomic mass is 16.2. The maximum absolute atomic E-state index is 12.0. The van der Waals surface area contributed by atoms with E-state index in [1.807, 2.05) is 0 Å². The van der Waals surface area contributed by atoms with Crippen molar-refractivity contribution in [2.24, 2.45) is 5.73 Å². The lowest BCUT2D eigenvalue weighted by Crippen LogP contribution is -2.55. The summed E-state index contributed by atoms with van der Waals surface area (Å²) < 4.78 is 0. The maximum Gasteiger partial charge on any atom is 0.341 e. The normalized spacial score (nSPS) is 9.53. The molecular weight excluding hydrogens is 248 g/mol. The second kappa shape index (κ2) is 7.00. The highest BCUT2D eigenvalue weighted by Crippen LogP contribution is 2.16. The number of primary amides is 1. The van der Waals surface area contributed by atoms with Crippen LogP contribution in [0.5, 0.6) is 0 Å². The van der Waals surface area contributed by atoms with E-state index >= 15 is 0 Å².